The quantitative estimate of drug-likeness (QED) is 0.209. The van der Waals surface area contributed by atoms with Crippen molar-refractivity contribution in [1.29, 1.82) is 0 Å². The number of carbonyl (C=O) groups excluding carboxylic acids is 2. The average molecular weight is 586 g/mol. The Hall–Kier alpha value is -3.43. The molecule has 2 amide bonds. The third-order valence-corrected chi connectivity index (χ3v) is 5.74. The lowest BCUT2D eigenvalue weighted by Crippen LogP contribution is -2.32. The summed E-state index contributed by atoms with van der Waals surface area (Å²) >= 11 is 6.59. The van der Waals surface area contributed by atoms with E-state index in [2.05, 4.69) is 47.7 Å². The van der Waals surface area contributed by atoms with Crippen molar-refractivity contribution in [3.05, 3.63) is 98.1 Å². The van der Waals surface area contributed by atoms with Gasteiger partial charge in [0.05, 0.1) is 10.7 Å². The summed E-state index contributed by atoms with van der Waals surface area (Å²) in [6.45, 7) is 0. The molecule has 3 N–H and O–H groups in total. The van der Waals surface area contributed by atoms with Crippen LogP contribution in [-0.4, -0.2) is 37.2 Å². The van der Waals surface area contributed by atoms with Gasteiger partial charge in [-0.2, -0.15) is 5.10 Å². The lowest BCUT2D eigenvalue weighted by Gasteiger charge is -2.12. The van der Waals surface area contributed by atoms with Crippen molar-refractivity contribution in [2.24, 2.45) is 5.10 Å². The third-order valence-electron chi connectivity index (χ3n) is 4.68. The Morgan fingerprint density at radius 1 is 1.00 bits per heavy atom. The Morgan fingerprint density at radius 3 is 2.32 bits per heavy atom. The Balaban J connectivity index is 1.84. The lowest BCUT2D eigenvalue weighted by atomic mass is 10.1. The third kappa shape index (κ3) is 6.79. The van der Waals surface area contributed by atoms with Crippen LogP contribution in [0.5, 0.6) is 5.75 Å². The van der Waals surface area contributed by atoms with E-state index < -0.39 is 11.8 Å². The van der Waals surface area contributed by atoms with Crippen LogP contribution in [0.2, 0.25) is 0 Å². The highest BCUT2D eigenvalue weighted by atomic mass is 79.9. The fourth-order valence-electron chi connectivity index (χ4n) is 2.88. The van der Waals surface area contributed by atoms with Gasteiger partial charge in [-0.15, -0.1) is 0 Å². The minimum Gasteiger partial charge on any atom is -0.506 e. The van der Waals surface area contributed by atoms with Crippen LogP contribution < -0.4 is 15.6 Å². The lowest BCUT2D eigenvalue weighted by molar-refractivity contribution is -0.117. The molecule has 0 saturated carbocycles. The zero-order chi connectivity index (χ0) is 24.7. The SMILES string of the molecule is CN(C)c1ccc(C=C(NC(=O)c2ccccc2)C(=O)NN=Cc2cc(Br)cc(Br)c2O)cc1. The first-order valence-electron chi connectivity index (χ1n) is 10.1. The molecule has 0 unspecified atom stereocenters. The van der Waals surface area contributed by atoms with Crippen LogP contribution in [0.1, 0.15) is 21.5 Å². The summed E-state index contributed by atoms with van der Waals surface area (Å²) in [5.74, 6) is -1.06. The van der Waals surface area contributed by atoms with Gasteiger partial charge in [0.15, 0.2) is 0 Å². The van der Waals surface area contributed by atoms with Gasteiger partial charge >= 0.3 is 0 Å². The molecule has 0 atom stereocenters. The summed E-state index contributed by atoms with van der Waals surface area (Å²) in [7, 11) is 3.87. The molecule has 0 aliphatic carbocycles. The first kappa shape index (κ1) is 25.2. The molecule has 0 bridgehead atoms. The number of carbonyl (C=O) groups is 2. The van der Waals surface area contributed by atoms with Crippen LogP contribution in [0.15, 0.2) is 86.5 Å². The van der Waals surface area contributed by atoms with Gasteiger partial charge in [-0.3, -0.25) is 9.59 Å². The Morgan fingerprint density at radius 2 is 1.68 bits per heavy atom. The molecule has 9 heteroatoms. The number of halogens is 2. The number of hydrogen-bond acceptors (Lipinski definition) is 5. The molecule has 0 saturated heterocycles. The van der Waals surface area contributed by atoms with Gasteiger partial charge in [0.25, 0.3) is 11.8 Å². The fraction of sp³-hybridized carbons (Fsp3) is 0.0800. The number of nitrogens with one attached hydrogen (secondary N) is 2. The van der Waals surface area contributed by atoms with E-state index >= 15 is 0 Å². The first-order chi connectivity index (χ1) is 16.2. The molecule has 34 heavy (non-hydrogen) atoms. The van der Waals surface area contributed by atoms with Crippen molar-refractivity contribution >= 4 is 61.7 Å². The van der Waals surface area contributed by atoms with Gasteiger partial charge in [-0.1, -0.05) is 46.3 Å². The molecule has 0 radical (unpaired) electrons. The zero-order valence-corrected chi connectivity index (χ0v) is 21.6. The number of amides is 2. The van der Waals surface area contributed by atoms with Crippen LogP contribution in [0.3, 0.4) is 0 Å². The summed E-state index contributed by atoms with van der Waals surface area (Å²) < 4.78 is 1.20. The van der Waals surface area contributed by atoms with Crippen LogP contribution in [0.4, 0.5) is 5.69 Å². The topological polar surface area (TPSA) is 94.0 Å². The monoisotopic (exact) mass is 584 g/mol. The summed E-state index contributed by atoms with van der Waals surface area (Å²) in [6.07, 6.45) is 2.88. The first-order valence-corrected chi connectivity index (χ1v) is 11.7. The van der Waals surface area contributed by atoms with Crippen molar-refractivity contribution in [3.63, 3.8) is 0 Å². The van der Waals surface area contributed by atoms with Crippen LogP contribution in [-0.2, 0) is 4.79 Å². The van der Waals surface area contributed by atoms with E-state index in [9.17, 15) is 14.7 Å². The second-order valence-electron chi connectivity index (χ2n) is 7.39. The molecule has 0 aliphatic heterocycles. The van der Waals surface area contributed by atoms with Crippen LogP contribution >= 0.6 is 31.9 Å². The highest BCUT2D eigenvalue weighted by Crippen LogP contribution is 2.30. The van der Waals surface area contributed by atoms with E-state index in [0.717, 1.165) is 15.7 Å². The normalized spacial score (nSPS) is 11.4. The molecule has 174 valence electrons. The van der Waals surface area contributed by atoms with Crippen molar-refractivity contribution in [3.8, 4) is 5.75 Å². The van der Waals surface area contributed by atoms with E-state index in [4.69, 9.17) is 0 Å². The van der Waals surface area contributed by atoms with E-state index in [1.54, 1.807) is 48.5 Å². The predicted octanol–water partition coefficient (Wildman–Crippen LogP) is 4.90. The molecule has 0 fully saturated rings. The number of hydrogen-bond donors (Lipinski definition) is 3. The smallest absolute Gasteiger partial charge is 0.287 e. The number of phenols is 1. The summed E-state index contributed by atoms with van der Waals surface area (Å²) in [4.78, 5) is 27.6. The number of phenolic OH excluding ortho intramolecular Hbond substituents is 1. The molecule has 3 aromatic carbocycles. The molecule has 0 aromatic heterocycles. The van der Waals surface area contributed by atoms with Crippen LogP contribution in [0, 0.1) is 0 Å². The fourth-order valence-corrected chi connectivity index (χ4v) is 4.14. The van der Waals surface area contributed by atoms with Gasteiger partial charge in [0, 0.05) is 35.4 Å². The average Bonchev–Trinajstić information content (AvgIpc) is 2.82. The summed E-state index contributed by atoms with van der Waals surface area (Å²) in [6, 6.07) is 19.4. The molecule has 0 spiro atoms. The van der Waals surface area contributed by atoms with Crippen LogP contribution in [0.25, 0.3) is 6.08 Å². The second kappa shape index (κ2) is 11.6. The molecule has 3 aromatic rings. The molecule has 0 aliphatic rings. The van der Waals surface area contributed by atoms with Gasteiger partial charge in [-0.25, -0.2) is 5.43 Å². The number of nitrogens with zero attached hydrogens (tertiary/aromatic N) is 2. The van der Waals surface area contributed by atoms with Crippen molar-refractivity contribution in [2.75, 3.05) is 19.0 Å². The van der Waals surface area contributed by atoms with Crippen molar-refractivity contribution in [2.45, 2.75) is 0 Å². The number of rotatable bonds is 7. The van der Waals surface area contributed by atoms with Gasteiger partial charge in [0.2, 0.25) is 0 Å². The summed E-state index contributed by atoms with van der Waals surface area (Å²) in [5, 5.41) is 16.8. The molecular weight excluding hydrogens is 564 g/mol. The Kier molecular flexibility index (Phi) is 8.61. The molecule has 0 heterocycles. The predicted molar refractivity (Wildman–Crippen MR) is 142 cm³/mol. The van der Waals surface area contributed by atoms with Gasteiger partial charge in [-0.05, 0) is 64.0 Å². The highest BCUT2D eigenvalue weighted by Gasteiger charge is 2.14. The minimum absolute atomic E-state index is 0.0169. The van der Waals surface area contributed by atoms with E-state index in [0.29, 0.717) is 15.6 Å². The number of aromatic hydroxyl groups is 1. The minimum atomic E-state index is -0.620. The maximum absolute atomic E-state index is 12.9. The highest BCUT2D eigenvalue weighted by molar-refractivity contribution is 9.11. The van der Waals surface area contributed by atoms with E-state index in [1.807, 2.05) is 43.3 Å². The Bertz CT molecular complexity index is 1240. The van der Waals surface area contributed by atoms with Crippen molar-refractivity contribution < 1.29 is 14.7 Å². The standard InChI is InChI=1S/C25H22Br2N4O3/c1-31(2)20-10-8-16(9-11-20)12-22(29-24(33)17-6-4-3-5-7-17)25(34)30-28-15-18-13-19(26)14-21(27)23(18)32/h3-15,32H,1-2H3,(H,29,33)(H,30,34). The van der Waals surface area contributed by atoms with E-state index in [-0.39, 0.29) is 11.4 Å². The van der Waals surface area contributed by atoms with Gasteiger partial charge < -0.3 is 15.3 Å². The largest absolute Gasteiger partial charge is 0.506 e. The number of anilines is 1. The maximum Gasteiger partial charge on any atom is 0.287 e. The van der Waals surface area contributed by atoms with E-state index in [1.165, 1.54) is 6.21 Å². The molecular formula is C25H22Br2N4O3. The maximum atomic E-state index is 12.9. The second-order valence-corrected chi connectivity index (χ2v) is 9.16. The zero-order valence-electron chi connectivity index (χ0n) is 18.4. The number of benzene rings is 3. The van der Waals surface area contributed by atoms with Gasteiger partial charge in [0.1, 0.15) is 11.4 Å². The Labute approximate surface area is 214 Å². The summed E-state index contributed by atoms with van der Waals surface area (Å²) in [5.41, 5.74) is 4.95. The molecule has 7 nitrogen and oxygen atoms in total. The van der Waals surface area contributed by atoms with Crippen molar-refractivity contribution in [1.82, 2.24) is 10.7 Å². The number of hydrazone groups is 1. The molecule has 3 rings (SSSR count).